The van der Waals surface area contributed by atoms with Gasteiger partial charge in [-0.1, -0.05) is 133 Å². The van der Waals surface area contributed by atoms with Crippen molar-refractivity contribution in [1.82, 2.24) is 0 Å². The van der Waals surface area contributed by atoms with Crippen LogP contribution in [-0.4, -0.2) is 28.0 Å². The molecule has 6 aromatic carbocycles. The van der Waals surface area contributed by atoms with Crippen molar-refractivity contribution in [3.8, 4) is 16.9 Å². The molecule has 6 aromatic rings. The molecule has 1 N–H and O–H groups in total. The molecule has 3 nitrogen and oxygen atoms in total. The molecular weight excluding hydrogens is 688 g/mol. The lowest BCUT2D eigenvalue weighted by Crippen LogP contribution is -2.78. The van der Waals surface area contributed by atoms with Gasteiger partial charge in [0.05, 0.1) is 0 Å². The van der Waals surface area contributed by atoms with Gasteiger partial charge in [-0.15, -0.1) is 0 Å². The molecule has 0 amide bonds. The summed E-state index contributed by atoms with van der Waals surface area (Å²) >= 11 is 0. The van der Waals surface area contributed by atoms with E-state index in [1.54, 1.807) is 16.1 Å². The monoisotopic (exact) mass is 734 g/mol. The van der Waals surface area contributed by atoms with Crippen LogP contribution in [0.3, 0.4) is 0 Å². The minimum absolute atomic E-state index is 0.0400. The van der Waals surface area contributed by atoms with Crippen molar-refractivity contribution in [2.24, 2.45) is 0 Å². The molecule has 1 unspecified atom stereocenters. The Balaban J connectivity index is 1.25. The van der Waals surface area contributed by atoms with E-state index >= 15 is 0 Å². The predicted molar refractivity (Wildman–Crippen MR) is 237 cm³/mol. The molecule has 0 bridgehead atoms. The highest BCUT2D eigenvalue weighted by atomic mass is 28.3. The molecule has 1 atom stereocenters. The summed E-state index contributed by atoms with van der Waals surface area (Å²) in [6.45, 7) is 12.4. The van der Waals surface area contributed by atoms with E-state index in [9.17, 15) is 5.11 Å². The van der Waals surface area contributed by atoms with Crippen molar-refractivity contribution < 1.29 is 5.11 Å². The molecule has 266 valence electrons. The highest BCUT2D eigenvalue weighted by Gasteiger charge is 2.49. The number of phenols is 1. The predicted octanol–water partition coefficient (Wildman–Crippen LogP) is 8.63. The van der Waals surface area contributed by atoms with Crippen molar-refractivity contribution in [1.29, 1.82) is 0 Å². The summed E-state index contributed by atoms with van der Waals surface area (Å²) in [5, 5.41) is 17.3. The molecular formula is C48H47BN2OSi2. The fourth-order valence-electron chi connectivity index (χ4n) is 10.6. The third-order valence-corrected chi connectivity index (χ3v) is 21.9. The third-order valence-electron chi connectivity index (χ3n) is 13.4. The number of phenolic OH excluding ortho intramolecular Hbond substituents is 1. The van der Waals surface area contributed by atoms with Gasteiger partial charge in [0.15, 0.2) is 0 Å². The molecule has 3 heterocycles. The fourth-order valence-corrected chi connectivity index (χ4v) is 17.8. The van der Waals surface area contributed by atoms with Gasteiger partial charge in [0.1, 0.15) is 21.9 Å². The SMILES string of the molecule is CC[Si]1(C)c2ccc(O)cc2B2c3ccc(N4C5=C(CCCC5)[Si](C)(C)c5ccccc54)cc3N(c3ccc(-c4ccccc4)cc3)c3cc(C)cc1c32. The molecule has 1 aliphatic carbocycles. The minimum atomic E-state index is -2.13. The Morgan fingerprint density at radius 3 is 2.13 bits per heavy atom. The van der Waals surface area contributed by atoms with Crippen molar-refractivity contribution in [3.63, 3.8) is 0 Å². The lowest BCUT2D eigenvalue weighted by molar-refractivity contribution is 0.476. The van der Waals surface area contributed by atoms with Gasteiger partial charge in [-0.05, 0) is 114 Å². The Labute approximate surface area is 322 Å². The first-order chi connectivity index (χ1) is 26.2. The molecule has 10 rings (SSSR count). The zero-order valence-corrected chi connectivity index (χ0v) is 34.1. The summed E-state index contributed by atoms with van der Waals surface area (Å²) in [6, 6.07) is 48.8. The molecule has 3 aliphatic heterocycles. The van der Waals surface area contributed by atoms with Crippen LogP contribution in [0.5, 0.6) is 5.75 Å². The fraction of sp³-hybridized carbons (Fsp3) is 0.208. The van der Waals surface area contributed by atoms with Gasteiger partial charge in [0.2, 0.25) is 6.71 Å². The number of aromatic hydroxyl groups is 1. The Bertz CT molecular complexity index is 2530. The maximum absolute atomic E-state index is 11.1. The number of hydrogen-bond donors (Lipinski definition) is 1. The first-order valence-corrected chi connectivity index (χ1v) is 25.6. The number of hydrogen-bond acceptors (Lipinski definition) is 3. The number of aryl methyl sites for hydroxylation is 1. The van der Waals surface area contributed by atoms with E-state index in [0.717, 1.165) is 12.5 Å². The highest BCUT2D eigenvalue weighted by Crippen LogP contribution is 2.46. The lowest BCUT2D eigenvalue weighted by atomic mass is 9.34. The number of allylic oxidation sites excluding steroid dienone is 2. The molecule has 0 spiro atoms. The number of para-hydroxylation sites is 1. The number of anilines is 5. The second-order valence-corrected chi connectivity index (χ2v) is 25.6. The highest BCUT2D eigenvalue weighted by molar-refractivity contribution is 7.15. The largest absolute Gasteiger partial charge is 0.508 e. The Kier molecular flexibility index (Phi) is 7.60. The molecule has 0 fully saturated rings. The van der Waals surface area contributed by atoms with Crippen LogP contribution in [0.25, 0.3) is 11.1 Å². The van der Waals surface area contributed by atoms with Crippen LogP contribution in [-0.2, 0) is 0 Å². The quantitative estimate of drug-likeness (QED) is 0.184. The van der Waals surface area contributed by atoms with Gasteiger partial charge in [0.25, 0.3) is 0 Å². The van der Waals surface area contributed by atoms with Crippen LogP contribution in [0.4, 0.5) is 28.4 Å². The van der Waals surface area contributed by atoms with E-state index < -0.39 is 16.1 Å². The summed E-state index contributed by atoms with van der Waals surface area (Å²) in [5.74, 6) is 0.351. The zero-order chi connectivity index (χ0) is 36.9. The van der Waals surface area contributed by atoms with Gasteiger partial charge in [-0.25, -0.2) is 0 Å². The number of benzene rings is 6. The van der Waals surface area contributed by atoms with Crippen LogP contribution in [0.15, 0.2) is 138 Å². The van der Waals surface area contributed by atoms with Crippen LogP contribution >= 0.6 is 0 Å². The van der Waals surface area contributed by atoms with E-state index in [1.165, 1.54) is 91.2 Å². The minimum Gasteiger partial charge on any atom is -0.508 e. The van der Waals surface area contributed by atoms with Crippen LogP contribution in [0.1, 0.15) is 38.2 Å². The molecule has 0 saturated heterocycles. The van der Waals surface area contributed by atoms with E-state index in [1.807, 2.05) is 6.07 Å². The average Bonchev–Trinajstić information content (AvgIpc) is 3.19. The number of rotatable bonds is 4. The van der Waals surface area contributed by atoms with Crippen LogP contribution in [0, 0.1) is 6.92 Å². The number of nitrogens with zero attached hydrogens (tertiary/aromatic N) is 2. The average molecular weight is 735 g/mol. The van der Waals surface area contributed by atoms with Crippen molar-refractivity contribution >= 4 is 83.2 Å². The Morgan fingerprint density at radius 2 is 1.33 bits per heavy atom. The molecule has 54 heavy (non-hydrogen) atoms. The summed E-state index contributed by atoms with van der Waals surface area (Å²) in [6.07, 6.45) is 4.87. The summed E-state index contributed by atoms with van der Waals surface area (Å²) < 4.78 is 0. The smallest absolute Gasteiger partial charge is 0.246 e. The molecule has 0 saturated carbocycles. The maximum atomic E-state index is 11.1. The topological polar surface area (TPSA) is 26.7 Å². The molecule has 0 aromatic heterocycles. The van der Waals surface area contributed by atoms with Gasteiger partial charge < -0.3 is 14.9 Å². The van der Waals surface area contributed by atoms with E-state index in [4.69, 9.17) is 0 Å². The first kappa shape index (κ1) is 33.5. The number of fused-ring (bicyclic) bond motifs is 5. The Morgan fingerprint density at radius 1 is 0.611 bits per heavy atom. The first-order valence-electron chi connectivity index (χ1n) is 19.9. The molecule has 6 heteroatoms. The van der Waals surface area contributed by atoms with Gasteiger partial charge >= 0.3 is 0 Å². The van der Waals surface area contributed by atoms with E-state index in [-0.39, 0.29) is 6.71 Å². The zero-order valence-electron chi connectivity index (χ0n) is 32.1. The molecule has 0 radical (unpaired) electrons. The van der Waals surface area contributed by atoms with E-state index in [2.05, 4.69) is 165 Å². The van der Waals surface area contributed by atoms with Crippen LogP contribution in [0.2, 0.25) is 25.7 Å². The summed E-state index contributed by atoms with van der Waals surface area (Å²) in [5.41, 5.74) is 15.6. The normalized spacial score (nSPS) is 19.1. The van der Waals surface area contributed by atoms with E-state index in [0.29, 0.717) is 5.75 Å². The summed E-state index contributed by atoms with van der Waals surface area (Å²) in [7, 11) is -3.93. The second kappa shape index (κ2) is 12.2. The Hall–Kier alpha value is -5.04. The van der Waals surface area contributed by atoms with Gasteiger partial charge in [-0.2, -0.15) is 0 Å². The van der Waals surface area contributed by atoms with Crippen LogP contribution < -0.4 is 41.7 Å². The van der Waals surface area contributed by atoms with Gasteiger partial charge in [-0.3, -0.25) is 0 Å². The maximum Gasteiger partial charge on any atom is 0.246 e. The van der Waals surface area contributed by atoms with Crippen molar-refractivity contribution in [2.45, 2.75) is 65.2 Å². The van der Waals surface area contributed by atoms with Crippen molar-refractivity contribution in [2.75, 3.05) is 9.80 Å². The van der Waals surface area contributed by atoms with Crippen molar-refractivity contribution in [3.05, 3.63) is 144 Å². The lowest BCUT2D eigenvalue weighted by Gasteiger charge is -2.47. The third kappa shape index (κ3) is 4.79. The van der Waals surface area contributed by atoms with Gasteiger partial charge in [0, 0.05) is 34.1 Å². The molecule has 4 aliphatic rings. The standard InChI is InChI=1S/C48H47BN2OSi2/c1-6-54(5)44-27-25-37(52)31-39(44)49-38-26-24-36(51-40-16-10-12-18-45(40)53(3,4)46-19-13-11-17-41(46)51)30-42(38)50(43-28-32(2)29-47(54)48(43)49)35-22-20-34(21-23-35)33-14-8-7-9-15-33/h7-10,12,14-16,18,20-31,52H,6,11,13,17,19H2,1-5H3. The second-order valence-electron chi connectivity index (χ2n) is 16.7. The summed E-state index contributed by atoms with van der Waals surface area (Å²) in [4.78, 5) is 5.21.